The third-order valence-corrected chi connectivity index (χ3v) is 3.33. The number of carbonyl (C=O) groups excluding carboxylic acids is 1. The van der Waals surface area contributed by atoms with Crippen LogP contribution in [0.4, 0.5) is 5.69 Å². The summed E-state index contributed by atoms with van der Waals surface area (Å²) in [6.45, 7) is 0.746. The van der Waals surface area contributed by atoms with E-state index in [1.165, 1.54) is 31.9 Å². The quantitative estimate of drug-likeness (QED) is 0.882. The molecule has 3 N–H and O–H groups in total. The molecule has 0 atom stereocenters. The summed E-state index contributed by atoms with van der Waals surface area (Å²) in [5.74, 6) is 0.692. The SMILES string of the molecule is Cl.Nc1ccc(C(=O)NCCC2CCCC2)nc1. The molecule has 5 heteroatoms. The van der Waals surface area contributed by atoms with Crippen molar-refractivity contribution in [1.29, 1.82) is 0 Å². The molecule has 0 unspecified atom stereocenters. The van der Waals surface area contributed by atoms with Gasteiger partial charge in [0.05, 0.1) is 11.9 Å². The molecule has 0 aromatic carbocycles. The first kappa shape index (κ1) is 14.8. The average molecular weight is 270 g/mol. The molecule has 2 rings (SSSR count). The highest BCUT2D eigenvalue weighted by Gasteiger charge is 2.15. The van der Waals surface area contributed by atoms with E-state index in [0.717, 1.165) is 18.9 Å². The Bertz CT molecular complexity index is 374. The zero-order valence-corrected chi connectivity index (χ0v) is 11.2. The van der Waals surface area contributed by atoms with Crippen LogP contribution in [0.5, 0.6) is 0 Å². The van der Waals surface area contributed by atoms with Crippen LogP contribution < -0.4 is 11.1 Å². The number of carbonyl (C=O) groups is 1. The maximum atomic E-state index is 11.7. The van der Waals surface area contributed by atoms with Crippen molar-refractivity contribution in [3.8, 4) is 0 Å². The molecule has 0 bridgehead atoms. The fraction of sp³-hybridized carbons (Fsp3) is 0.538. The highest BCUT2D eigenvalue weighted by molar-refractivity contribution is 5.92. The van der Waals surface area contributed by atoms with Gasteiger partial charge < -0.3 is 11.1 Å². The number of nitrogen functional groups attached to an aromatic ring is 1. The van der Waals surface area contributed by atoms with E-state index in [0.29, 0.717) is 11.4 Å². The predicted octanol–water partition coefficient (Wildman–Crippen LogP) is 2.40. The number of nitrogens with one attached hydrogen (secondary N) is 1. The predicted molar refractivity (Wildman–Crippen MR) is 74.8 cm³/mol. The minimum Gasteiger partial charge on any atom is -0.397 e. The molecule has 1 heterocycles. The summed E-state index contributed by atoms with van der Waals surface area (Å²) in [4.78, 5) is 15.7. The number of hydrogen-bond acceptors (Lipinski definition) is 3. The van der Waals surface area contributed by atoms with Crippen LogP contribution in [0, 0.1) is 5.92 Å². The molecule has 1 saturated carbocycles. The Hall–Kier alpha value is -1.29. The minimum atomic E-state index is -0.108. The van der Waals surface area contributed by atoms with Crippen LogP contribution in [-0.2, 0) is 0 Å². The van der Waals surface area contributed by atoms with Gasteiger partial charge in [-0.05, 0) is 24.5 Å². The van der Waals surface area contributed by atoms with Crippen LogP contribution in [0.3, 0.4) is 0 Å². The van der Waals surface area contributed by atoms with Gasteiger partial charge in [0.1, 0.15) is 5.69 Å². The number of rotatable bonds is 4. The molecular weight excluding hydrogens is 250 g/mol. The normalized spacial score (nSPS) is 15.1. The number of aromatic nitrogens is 1. The molecule has 100 valence electrons. The summed E-state index contributed by atoms with van der Waals surface area (Å²) in [6, 6.07) is 3.35. The summed E-state index contributed by atoms with van der Waals surface area (Å²) < 4.78 is 0. The van der Waals surface area contributed by atoms with Crippen molar-refractivity contribution in [2.45, 2.75) is 32.1 Å². The molecular formula is C13H20ClN3O. The molecule has 1 aliphatic rings. The molecule has 0 radical (unpaired) electrons. The van der Waals surface area contributed by atoms with E-state index in [4.69, 9.17) is 5.73 Å². The zero-order valence-electron chi connectivity index (χ0n) is 10.4. The number of anilines is 1. The summed E-state index contributed by atoms with van der Waals surface area (Å²) in [7, 11) is 0. The fourth-order valence-electron chi connectivity index (χ4n) is 2.32. The number of nitrogens with zero attached hydrogens (tertiary/aromatic N) is 1. The molecule has 4 nitrogen and oxygen atoms in total. The number of halogens is 1. The lowest BCUT2D eigenvalue weighted by Crippen LogP contribution is -2.26. The van der Waals surface area contributed by atoms with Gasteiger partial charge in [-0.1, -0.05) is 25.7 Å². The molecule has 1 fully saturated rings. The number of amides is 1. The topological polar surface area (TPSA) is 68.0 Å². The second-order valence-corrected chi connectivity index (χ2v) is 4.67. The monoisotopic (exact) mass is 269 g/mol. The van der Waals surface area contributed by atoms with Gasteiger partial charge in [-0.3, -0.25) is 4.79 Å². The van der Waals surface area contributed by atoms with E-state index in [2.05, 4.69) is 10.3 Å². The maximum absolute atomic E-state index is 11.7. The first-order valence-electron chi connectivity index (χ1n) is 6.25. The largest absolute Gasteiger partial charge is 0.397 e. The van der Waals surface area contributed by atoms with E-state index >= 15 is 0 Å². The molecule has 1 aliphatic carbocycles. The van der Waals surface area contributed by atoms with Gasteiger partial charge in [0.25, 0.3) is 5.91 Å². The summed E-state index contributed by atoms with van der Waals surface area (Å²) in [5, 5.41) is 2.90. The van der Waals surface area contributed by atoms with Crippen molar-refractivity contribution >= 4 is 24.0 Å². The van der Waals surface area contributed by atoms with Crippen LogP contribution >= 0.6 is 12.4 Å². The zero-order chi connectivity index (χ0) is 12.1. The second-order valence-electron chi connectivity index (χ2n) is 4.67. The average Bonchev–Trinajstić information content (AvgIpc) is 2.83. The molecule has 0 aliphatic heterocycles. The van der Waals surface area contributed by atoms with Crippen molar-refractivity contribution in [2.75, 3.05) is 12.3 Å². The number of hydrogen-bond donors (Lipinski definition) is 2. The van der Waals surface area contributed by atoms with Crippen LogP contribution in [0.15, 0.2) is 18.3 Å². The Balaban J connectivity index is 0.00000162. The summed E-state index contributed by atoms with van der Waals surface area (Å²) in [5.41, 5.74) is 6.53. The van der Waals surface area contributed by atoms with Gasteiger partial charge in [0.2, 0.25) is 0 Å². The van der Waals surface area contributed by atoms with Crippen molar-refractivity contribution < 1.29 is 4.79 Å². The van der Waals surface area contributed by atoms with Gasteiger partial charge >= 0.3 is 0 Å². The first-order valence-corrected chi connectivity index (χ1v) is 6.25. The first-order chi connectivity index (χ1) is 8.25. The molecule has 1 aromatic rings. The standard InChI is InChI=1S/C13H19N3O.ClH/c14-11-5-6-12(16-9-11)13(17)15-8-7-10-3-1-2-4-10;/h5-6,9-10H,1-4,7-8,14H2,(H,15,17);1H. The van der Waals surface area contributed by atoms with E-state index in [1.807, 2.05) is 0 Å². The molecule has 1 aromatic heterocycles. The lowest BCUT2D eigenvalue weighted by atomic mass is 10.0. The van der Waals surface area contributed by atoms with Crippen molar-refractivity contribution in [1.82, 2.24) is 10.3 Å². The highest BCUT2D eigenvalue weighted by atomic mass is 35.5. The van der Waals surface area contributed by atoms with Gasteiger partial charge in [0.15, 0.2) is 0 Å². The Morgan fingerprint density at radius 2 is 2.11 bits per heavy atom. The number of pyridine rings is 1. The van der Waals surface area contributed by atoms with Gasteiger partial charge in [-0.2, -0.15) is 0 Å². The summed E-state index contributed by atoms with van der Waals surface area (Å²) in [6.07, 6.45) is 7.91. The fourth-order valence-corrected chi connectivity index (χ4v) is 2.32. The van der Waals surface area contributed by atoms with Gasteiger partial charge in [0, 0.05) is 6.54 Å². The molecule has 1 amide bonds. The second kappa shape index (κ2) is 7.21. The van der Waals surface area contributed by atoms with Crippen molar-refractivity contribution in [2.24, 2.45) is 5.92 Å². The Labute approximate surface area is 114 Å². The molecule has 0 saturated heterocycles. The Morgan fingerprint density at radius 1 is 1.39 bits per heavy atom. The van der Waals surface area contributed by atoms with Gasteiger partial charge in [-0.15, -0.1) is 12.4 Å². The third-order valence-electron chi connectivity index (χ3n) is 3.33. The van der Waals surface area contributed by atoms with Crippen LogP contribution in [0.25, 0.3) is 0 Å². The van der Waals surface area contributed by atoms with Crippen LogP contribution in [-0.4, -0.2) is 17.4 Å². The Kier molecular flexibility index (Phi) is 5.92. The van der Waals surface area contributed by atoms with E-state index in [9.17, 15) is 4.79 Å². The highest BCUT2D eigenvalue weighted by Crippen LogP contribution is 2.26. The van der Waals surface area contributed by atoms with Gasteiger partial charge in [-0.25, -0.2) is 4.98 Å². The third kappa shape index (κ3) is 4.18. The van der Waals surface area contributed by atoms with Crippen molar-refractivity contribution in [3.63, 3.8) is 0 Å². The maximum Gasteiger partial charge on any atom is 0.269 e. The van der Waals surface area contributed by atoms with Crippen LogP contribution in [0.2, 0.25) is 0 Å². The summed E-state index contributed by atoms with van der Waals surface area (Å²) >= 11 is 0. The molecule has 0 spiro atoms. The Morgan fingerprint density at radius 3 is 2.72 bits per heavy atom. The van der Waals surface area contributed by atoms with Crippen LogP contribution in [0.1, 0.15) is 42.6 Å². The smallest absolute Gasteiger partial charge is 0.269 e. The lowest BCUT2D eigenvalue weighted by molar-refractivity contribution is 0.0946. The lowest BCUT2D eigenvalue weighted by Gasteiger charge is -2.09. The van der Waals surface area contributed by atoms with E-state index < -0.39 is 0 Å². The van der Waals surface area contributed by atoms with E-state index in [1.54, 1.807) is 12.1 Å². The number of nitrogens with two attached hydrogens (primary N) is 1. The van der Waals surface area contributed by atoms with E-state index in [-0.39, 0.29) is 18.3 Å². The minimum absolute atomic E-state index is 0. The van der Waals surface area contributed by atoms with Crippen molar-refractivity contribution in [3.05, 3.63) is 24.0 Å². The molecule has 18 heavy (non-hydrogen) atoms.